The molecule has 2 aromatic carbocycles. The van der Waals surface area contributed by atoms with Gasteiger partial charge in [0, 0.05) is 17.6 Å². The lowest BCUT2D eigenvalue weighted by molar-refractivity contribution is -0.117. The molecule has 1 amide bonds. The zero-order chi connectivity index (χ0) is 16.9. The number of carbonyl (C=O) groups is 1. The molecule has 3 rings (SSSR count). The summed E-state index contributed by atoms with van der Waals surface area (Å²) in [6.07, 6.45) is 2.31. The number of ether oxygens (including phenoxy) is 1. The molecule has 1 saturated carbocycles. The summed E-state index contributed by atoms with van der Waals surface area (Å²) in [7, 11) is 1.57. The first kappa shape index (κ1) is 16.8. The molecule has 0 aromatic heterocycles. The van der Waals surface area contributed by atoms with Gasteiger partial charge in [-0.15, -0.1) is 0 Å². The van der Waals surface area contributed by atoms with Crippen LogP contribution < -0.4 is 10.1 Å². The summed E-state index contributed by atoms with van der Waals surface area (Å²) in [6.45, 7) is 1.14. The van der Waals surface area contributed by atoms with Crippen molar-refractivity contribution >= 4 is 23.2 Å². The van der Waals surface area contributed by atoms with Gasteiger partial charge in [-0.1, -0.05) is 41.9 Å². The van der Waals surface area contributed by atoms with E-state index in [0.717, 1.165) is 19.4 Å². The normalized spacial score (nSPS) is 13.8. The number of hydrogen-bond acceptors (Lipinski definition) is 3. The lowest BCUT2D eigenvalue weighted by Gasteiger charge is -2.22. The molecular weight excluding hydrogens is 324 g/mol. The second-order valence-corrected chi connectivity index (χ2v) is 6.45. The molecular formula is C19H21ClN2O2. The molecule has 1 N–H and O–H groups in total. The Balaban J connectivity index is 1.65. The zero-order valence-corrected chi connectivity index (χ0v) is 14.4. The summed E-state index contributed by atoms with van der Waals surface area (Å²) in [5.41, 5.74) is 1.82. The standard InChI is InChI=1S/C19H21ClN2O2/c1-24-18-10-7-15(20)11-17(18)21-19(23)13-22(16-8-9-16)12-14-5-3-2-4-6-14/h2-7,10-11,16H,8-9,12-13H2,1H3,(H,21,23). The topological polar surface area (TPSA) is 41.6 Å². The lowest BCUT2D eigenvalue weighted by atomic mass is 10.2. The van der Waals surface area contributed by atoms with E-state index in [2.05, 4.69) is 22.3 Å². The van der Waals surface area contributed by atoms with Crippen LogP contribution in [0, 0.1) is 0 Å². The Bertz CT molecular complexity index is 702. The molecule has 1 fully saturated rings. The third-order valence-electron chi connectivity index (χ3n) is 4.07. The highest BCUT2D eigenvalue weighted by Gasteiger charge is 2.30. The molecule has 0 radical (unpaired) electrons. The number of nitrogens with one attached hydrogen (secondary N) is 1. The second-order valence-electron chi connectivity index (χ2n) is 6.01. The smallest absolute Gasteiger partial charge is 0.238 e. The fourth-order valence-electron chi connectivity index (χ4n) is 2.72. The minimum atomic E-state index is -0.0570. The van der Waals surface area contributed by atoms with E-state index >= 15 is 0 Å². The van der Waals surface area contributed by atoms with E-state index in [1.807, 2.05) is 18.2 Å². The van der Waals surface area contributed by atoms with Crippen molar-refractivity contribution in [1.29, 1.82) is 0 Å². The molecule has 126 valence electrons. The van der Waals surface area contributed by atoms with Crippen molar-refractivity contribution in [1.82, 2.24) is 4.90 Å². The third kappa shape index (κ3) is 4.49. The van der Waals surface area contributed by atoms with Gasteiger partial charge in [0.1, 0.15) is 5.75 Å². The van der Waals surface area contributed by atoms with Crippen LogP contribution >= 0.6 is 11.6 Å². The molecule has 5 heteroatoms. The second kappa shape index (κ2) is 7.69. The zero-order valence-electron chi connectivity index (χ0n) is 13.7. The molecule has 1 aliphatic carbocycles. The highest BCUT2D eigenvalue weighted by Crippen LogP contribution is 2.30. The van der Waals surface area contributed by atoms with Gasteiger partial charge in [0.05, 0.1) is 19.3 Å². The van der Waals surface area contributed by atoms with E-state index < -0.39 is 0 Å². The largest absolute Gasteiger partial charge is 0.495 e. The first-order valence-corrected chi connectivity index (χ1v) is 8.45. The summed E-state index contributed by atoms with van der Waals surface area (Å²) in [4.78, 5) is 14.7. The van der Waals surface area contributed by atoms with Crippen molar-refractivity contribution in [3.8, 4) is 5.75 Å². The first-order chi connectivity index (χ1) is 11.7. The number of rotatable bonds is 7. The molecule has 0 unspecified atom stereocenters. The Morgan fingerprint density at radius 3 is 2.67 bits per heavy atom. The first-order valence-electron chi connectivity index (χ1n) is 8.07. The van der Waals surface area contributed by atoms with E-state index in [4.69, 9.17) is 16.3 Å². The van der Waals surface area contributed by atoms with Gasteiger partial charge in [0.25, 0.3) is 0 Å². The average molecular weight is 345 g/mol. The molecule has 24 heavy (non-hydrogen) atoms. The number of benzene rings is 2. The number of methoxy groups -OCH3 is 1. The van der Waals surface area contributed by atoms with E-state index in [0.29, 0.717) is 29.0 Å². The number of hydrogen-bond donors (Lipinski definition) is 1. The number of halogens is 1. The van der Waals surface area contributed by atoms with Crippen molar-refractivity contribution < 1.29 is 9.53 Å². The molecule has 0 bridgehead atoms. The number of amides is 1. The van der Waals surface area contributed by atoms with Gasteiger partial charge in [-0.2, -0.15) is 0 Å². The van der Waals surface area contributed by atoms with Crippen LogP contribution in [0.25, 0.3) is 0 Å². The lowest BCUT2D eigenvalue weighted by Crippen LogP contribution is -2.34. The quantitative estimate of drug-likeness (QED) is 0.826. The monoisotopic (exact) mass is 344 g/mol. The Hall–Kier alpha value is -2.04. The van der Waals surface area contributed by atoms with Crippen LogP contribution in [0.3, 0.4) is 0 Å². The van der Waals surface area contributed by atoms with Crippen molar-refractivity contribution in [2.45, 2.75) is 25.4 Å². The third-order valence-corrected chi connectivity index (χ3v) is 4.31. The maximum Gasteiger partial charge on any atom is 0.238 e. The Morgan fingerprint density at radius 2 is 2.00 bits per heavy atom. The van der Waals surface area contributed by atoms with Crippen LogP contribution in [0.1, 0.15) is 18.4 Å². The van der Waals surface area contributed by atoms with Gasteiger partial charge in [0.2, 0.25) is 5.91 Å². The summed E-state index contributed by atoms with van der Waals surface area (Å²) in [5.74, 6) is 0.548. The fourth-order valence-corrected chi connectivity index (χ4v) is 2.90. The van der Waals surface area contributed by atoms with E-state index in [1.54, 1.807) is 25.3 Å². The fraction of sp³-hybridized carbons (Fsp3) is 0.316. The van der Waals surface area contributed by atoms with Crippen molar-refractivity contribution in [3.05, 3.63) is 59.1 Å². The molecule has 4 nitrogen and oxygen atoms in total. The van der Waals surface area contributed by atoms with Gasteiger partial charge in [-0.25, -0.2) is 0 Å². The Kier molecular flexibility index (Phi) is 5.38. The van der Waals surface area contributed by atoms with Crippen molar-refractivity contribution in [2.75, 3.05) is 19.0 Å². The molecule has 0 spiro atoms. The van der Waals surface area contributed by atoms with E-state index in [-0.39, 0.29) is 5.91 Å². The molecule has 1 aliphatic rings. The van der Waals surface area contributed by atoms with Crippen LogP contribution in [-0.4, -0.2) is 30.5 Å². The van der Waals surface area contributed by atoms with Crippen LogP contribution in [0.2, 0.25) is 5.02 Å². The van der Waals surface area contributed by atoms with Crippen LogP contribution in [0.5, 0.6) is 5.75 Å². The Morgan fingerprint density at radius 1 is 1.25 bits per heavy atom. The predicted octanol–water partition coefficient (Wildman–Crippen LogP) is 3.95. The summed E-state index contributed by atoms with van der Waals surface area (Å²) >= 11 is 6.01. The Labute approximate surface area is 147 Å². The summed E-state index contributed by atoms with van der Waals surface area (Å²) in [5, 5.41) is 3.48. The maximum absolute atomic E-state index is 12.5. The number of carbonyl (C=O) groups excluding carboxylic acids is 1. The number of anilines is 1. The average Bonchev–Trinajstić information content (AvgIpc) is 3.40. The minimum absolute atomic E-state index is 0.0570. The van der Waals surface area contributed by atoms with Crippen LogP contribution in [0.15, 0.2) is 48.5 Å². The number of nitrogens with zero attached hydrogens (tertiary/aromatic N) is 1. The summed E-state index contributed by atoms with van der Waals surface area (Å²) < 4.78 is 5.27. The highest BCUT2D eigenvalue weighted by atomic mass is 35.5. The predicted molar refractivity (Wildman–Crippen MR) is 96.5 cm³/mol. The van der Waals surface area contributed by atoms with Gasteiger partial charge in [-0.05, 0) is 36.6 Å². The van der Waals surface area contributed by atoms with Gasteiger partial charge < -0.3 is 10.1 Å². The van der Waals surface area contributed by atoms with Crippen molar-refractivity contribution in [2.24, 2.45) is 0 Å². The highest BCUT2D eigenvalue weighted by molar-refractivity contribution is 6.31. The maximum atomic E-state index is 12.5. The van der Waals surface area contributed by atoms with E-state index in [1.165, 1.54) is 5.56 Å². The van der Waals surface area contributed by atoms with Crippen molar-refractivity contribution in [3.63, 3.8) is 0 Å². The molecule has 0 aliphatic heterocycles. The van der Waals surface area contributed by atoms with E-state index in [9.17, 15) is 4.79 Å². The minimum Gasteiger partial charge on any atom is -0.495 e. The van der Waals surface area contributed by atoms with Gasteiger partial charge in [-0.3, -0.25) is 9.69 Å². The van der Waals surface area contributed by atoms with Gasteiger partial charge >= 0.3 is 0 Å². The molecule has 0 heterocycles. The van der Waals surface area contributed by atoms with Crippen LogP contribution in [-0.2, 0) is 11.3 Å². The molecule has 0 atom stereocenters. The van der Waals surface area contributed by atoms with Gasteiger partial charge in [0.15, 0.2) is 0 Å². The summed E-state index contributed by atoms with van der Waals surface area (Å²) in [6, 6.07) is 15.9. The molecule has 0 saturated heterocycles. The SMILES string of the molecule is COc1ccc(Cl)cc1NC(=O)CN(Cc1ccccc1)C1CC1. The van der Waals surface area contributed by atoms with Crippen LogP contribution in [0.4, 0.5) is 5.69 Å². The molecule has 2 aromatic rings.